The zero-order valence-electron chi connectivity index (χ0n) is 9.58. The van der Waals surface area contributed by atoms with Crippen molar-refractivity contribution >= 4 is 5.91 Å². The van der Waals surface area contributed by atoms with Crippen LogP contribution in [-0.4, -0.2) is 43.4 Å². The summed E-state index contributed by atoms with van der Waals surface area (Å²) in [5.74, 6) is -0.0845. The van der Waals surface area contributed by atoms with Gasteiger partial charge in [-0.1, -0.05) is 0 Å². The van der Waals surface area contributed by atoms with Gasteiger partial charge in [0, 0.05) is 26.3 Å². The first-order valence-electron chi connectivity index (χ1n) is 5.23. The van der Waals surface area contributed by atoms with Crippen LogP contribution >= 0.6 is 0 Å². The van der Waals surface area contributed by atoms with Gasteiger partial charge >= 0.3 is 0 Å². The van der Waals surface area contributed by atoms with Gasteiger partial charge in [0.15, 0.2) is 0 Å². The highest BCUT2D eigenvalue weighted by molar-refractivity contribution is 5.79. The van der Waals surface area contributed by atoms with E-state index in [1.165, 1.54) is 0 Å². The van der Waals surface area contributed by atoms with E-state index in [0.29, 0.717) is 26.3 Å². The minimum Gasteiger partial charge on any atom is -0.345 e. The Morgan fingerprint density at radius 2 is 1.50 bits per heavy atom. The zero-order chi connectivity index (χ0) is 11.0. The fourth-order valence-electron chi connectivity index (χ4n) is 1.18. The molecule has 1 amide bonds. The standard InChI is InChI=1S/C10H21NO3/c1-5-11(6-2)9(12)10(13-7-3)14-8-4/h10H,5-8H2,1-4H3. The molecule has 0 spiro atoms. The van der Waals surface area contributed by atoms with Gasteiger partial charge in [-0.3, -0.25) is 4.79 Å². The Kier molecular flexibility index (Phi) is 7.42. The number of hydrogen-bond donors (Lipinski definition) is 0. The maximum atomic E-state index is 11.8. The molecule has 0 saturated carbocycles. The molecule has 0 aromatic carbocycles. The molecule has 0 bridgehead atoms. The maximum Gasteiger partial charge on any atom is 0.279 e. The molecule has 0 N–H and O–H groups in total. The van der Waals surface area contributed by atoms with E-state index in [9.17, 15) is 4.79 Å². The molecular formula is C10H21NO3. The van der Waals surface area contributed by atoms with Gasteiger partial charge in [-0.2, -0.15) is 0 Å². The molecule has 0 aromatic rings. The average molecular weight is 203 g/mol. The Hall–Kier alpha value is -0.610. The smallest absolute Gasteiger partial charge is 0.279 e. The van der Waals surface area contributed by atoms with Crippen molar-refractivity contribution in [1.82, 2.24) is 4.90 Å². The molecular weight excluding hydrogens is 182 g/mol. The molecule has 0 aliphatic heterocycles. The first-order chi connectivity index (χ1) is 6.71. The largest absolute Gasteiger partial charge is 0.345 e. The van der Waals surface area contributed by atoms with Gasteiger partial charge in [0.25, 0.3) is 5.91 Å². The average Bonchev–Trinajstić information content (AvgIpc) is 2.19. The molecule has 0 unspecified atom stereocenters. The van der Waals surface area contributed by atoms with Crippen LogP contribution in [0, 0.1) is 0 Å². The second-order valence-corrected chi connectivity index (χ2v) is 2.75. The van der Waals surface area contributed by atoms with Gasteiger partial charge in [0.1, 0.15) is 0 Å². The number of carbonyl (C=O) groups excluding carboxylic acids is 1. The first kappa shape index (κ1) is 13.4. The van der Waals surface area contributed by atoms with Crippen molar-refractivity contribution in [2.45, 2.75) is 34.0 Å². The molecule has 0 aliphatic carbocycles. The summed E-state index contributed by atoms with van der Waals surface area (Å²) in [5, 5.41) is 0. The number of rotatable bonds is 7. The first-order valence-corrected chi connectivity index (χ1v) is 5.23. The fraction of sp³-hybridized carbons (Fsp3) is 0.900. The Labute approximate surface area is 86.2 Å². The van der Waals surface area contributed by atoms with Crippen molar-refractivity contribution in [2.75, 3.05) is 26.3 Å². The molecule has 0 saturated heterocycles. The van der Waals surface area contributed by atoms with Gasteiger partial charge in [0.2, 0.25) is 6.29 Å². The van der Waals surface area contributed by atoms with E-state index in [-0.39, 0.29) is 5.91 Å². The van der Waals surface area contributed by atoms with Crippen LogP contribution in [0.1, 0.15) is 27.7 Å². The predicted molar refractivity (Wildman–Crippen MR) is 55.0 cm³/mol. The summed E-state index contributed by atoms with van der Waals surface area (Å²) in [4.78, 5) is 13.5. The summed E-state index contributed by atoms with van der Waals surface area (Å²) in [7, 11) is 0. The third kappa shape index (κ3) is 4.07. The normalized spacial score (nSPS) is 10.6. The molecule has 0 aliphatic rings. The van der Waals surface area contributed by atoms with E-state index in [0.717, 1.165) is 0 Å². The molecule has 14 heavy (non-hydrogen) atoms. The van der Waals surface area contributed by atoms with Crippen LogP contribution in [-0.2, 0) is 14.3 Å². The lowest BCUT2D eigenvalue weighted by Gasteiger charge is -2.24. The summed E-state index contributed by atoms with van der Waals surface area (Å²) in [6.07, 6.45) is -0.732. The zero-order valence-corrected chi connectivity index (χ0v) is 9.58. The van der Waals surface area contributed by atoms with E-state index in [2.05, 4.69) is 0 Å². The Morgan fingerprint density at radius 3 is 1.79 bits per heavy atom. The van der Waals surface area contributed by atoms with E-state index < -0.39 is 6.29 Å². The van der Waals surface area contributed by atoms with Crippen LogP contribution in [0.3, 0.4) is 0 Å². The molecule has 84 valence electrons. The summed E-state index contributed by atoms with van der Waals surface area (Å²) < 4.78 is 10.4. The van der Waals surface area contributed by atoms with Crippen LogP contribution in [0.15, 0.2) is 0 Å². The quantitative estimate of drug-likeness (QED) is 0.585. The van der Waals surface area contributed by atoms with E-state index in [4.69, 9.17) is 9.47 Å². The molecule has 0 heterocycles. The van der Waals surface area contributed by atoms with E-state index in [1.54, 1.807) is 4.90 Å². The minimum atomic E-state index is -0.732. The van der Waals surface area contributed by atoms with Crippen molar-refractivity contribution in [2.24, 2.45) is 0 Å². The molecule has 4 heteroatoms. The van der Waals surface area contributed by atoms with Crippen molar-refractivity contribution in [3.63, 3.8) is 0 Å². The summed E-state index contributed by atoms with van der Waals surface area (Å²) in [6, 6.07) is 0. The number of amides is 1. The molecule has 4 nitrogen and oxygen atoms in total. The molecule has 0 aromatic heterocycles. The number of nitrogens with zero attached hydrogens (tertiary/aromatic N) is 1. The highest BCUT2D eigenvalue weighted by Gasteiger charge is 2.22. The molecule has 0 fully saturated rings. The third-order valence-corrected chi connectivity index (χ3v) is 1.91. The third-order valence-electron chi connectivity index (χ3n) is 1.91. The van der Waals surface area contributed by atoms with Crippen molar-refractivity contribution in [1.29, 1.82) is 0 Å². The number of ether oxygens (including phenoxy) is 2. The summed E-state index contributed by atoms with van der Waals surface area (Å²) in [5.41, 5.74) is 0. The monoisotopic (exact) mass is 203 g/mol. The summed E-state index contributed by atoms with van der Waals surface area (Å²) in [6.45, 7) is 9.92. The van der Waals surface area contributed by atoms with Gasteiger partial charge in [-0.05, 0) is 27.7 Å². The van der Waals surface area contributed by atoms with Crippen LogP contribution in [0.2, 0.25) is 0 Å². The van der Waals surface area contributed by atoms with Crippen LogP contribution in [0.5, 0.6) is 0 Å². The van der Waals surface area contributed by atoms with E-state index >= 15 is 0 Å². The maximum absolute atomic E-state index is 11.8. The van der Waals surface area contributed by atoms with Gasteiger partial charge < -0.3 is 14.4 Å². The predicted octanol–water partition coefficient (Wildman–Crippen LogP) is 1.25. The van der Waals surface area contributed by atoms with Gasteiger partial charge in [0.05, 0.1) is 0 Å². The second-order valence-electron chi connectivity index (χ2n) is 2.75. The van der Waals surface area contributed by atoms with Crippen molar-refractivity contribution in [3.05, 3.63) is 0 Å². The van der Waals surface area contributed by atoms with Crippen molar-refractivity contribution < 1.29 is 14.3 Å². The minimum absolute atomic E-state index is 0.0845. The Morgan fingerprint density at radius 1 is 1.07 bits per heavy atom. The Balaban J connectivity index is 4.24. The number of carbonyl (C=O) groups is 1. The highest BCUT2D eigenvalue weighted by Crippen LogP contribution is 2.01. The lowest BCUT2D eigenvalue weighted by atomic mass is 10.4. The van der Waals surface area contributed by atoms with Crippen LogP contribution in [0.4, 0.5) is 0 Å². The fourth-order valence-corrected chi connectivity index (χ4v) is 1.18. The lowest BCUT2D eigenvalue weighted by molar-refractivity contribution is -0.180. The molecule has 0 atom stereocenters. The van der Waals surface area contributed by atoms with E-state index in [1.807, 2.05) is 27.7 Å². The van der Waals surface area contributed by atoms with Crippen molar-refractivity contribution in [3.8, 4) is 0 Å². The van der Waals surface area contributed by atoms with Gasteiger partial charge in [-0.15, -0.1) is 0 Å². The van der Waals surface area contributed by atoms with Crippen LogP contribution in [0.25, 0.3) is 0 Å². The molecule has 0 radical (unpaired) electrons. The SMILES string of the molecule is CCOC(OCC)C(=O)N(CC)CC. The number of likely N-dealkylation sites (N-methyl/N-ethyl adjacent to an activating group) is 1. The second kappa shape index (κ2) is 7.76. The van der Waals surface area contributed by atoms with Crippen LogP contribution < -0.4 is 0 Å². The Bertz CT molecular complexity index is 151. The lowest BCUT2D eigenvalue weighted by Crippen LogP contribution is -2.41. The highest BCUT2D eigenvalue weighted by atomic mass is 16.7. The van der Waals surface area contributed by atoms with Gasteiger partial charge in [-0.25, -0.2) is 0 Å². The topological polar surface area (TPSA) is 38.8 Å². The summed E-state index contributed by atoms with van der Waals surface area (Å²) >= 11 is 0. The molecule has 0 rings (SSSR count). The number of hydrogen-bond acceptors (Lipinski definition) is 3.